The Morgan fingerprint density at radius 3 is 2.35 bits per heavy atom. The number of hydrogen-bond donors (Lipinski definition) is 1. The van der Waals surface area contributed by atoms with Gasteiger partial charge < -0.3 is 9.67 Å². The van der Waals surface area contributed by atoms with Gasteiger partial charge >= 0.3 is 0 Å². The molecule has 0 unspecified atom stereocenters. The number of aryl methyl sites for hydroxylation is 1. The van der Waals surface area contributed by atoms with E-state index in [0.717, 1.165) is 11.3 Å². The molecule has 0 fully saturated rings. The van der Waals surface area contributed by atoms with Crippen LogP contribution in [-0.2, 0) is 7.05 Å². The van der Waals surface area contributed by atoms with E-state index in [1.165, 1.54) is 10.9 Å². The van der Waals surface area contributed by atoms with E-state index in [4.69, 9.17) is 0 Å². The zero-order valence-corrected chi connectivity index (χ0v) is 9.59. The molecule has 0 saturated carbocycles. The van der Waals surface area contributed by atoms with Crippen LogP contribution in [0.25, 0.3) is 22.2 Å². The summed E-state index contributed by atoms with van der Waals surface area (Å²) in [5, 5.41) is 10.5. The van der Waals surface area contributed by atoms with Crippen molar-refractivity contribution in [3.8, 4) is 17.0 Å². The van der Waals surface area contributed by atoms with Crippen molar-refractivity contribution in [2.45, 2.75) is 0 Å². The lowest BCUT2D eigenvalue weighted by Crippen LogP contribution is -1.90. The summed E-state index contributed by atoms with van der Waals surface area (Å²) in [7, 11) is 2.06. The Labute approximate surface area is 99.7 Å². The van der Waals surface area contributed by atoms with Crippen LogP contribution in [0.15, 0.2) is 54.6 Å². The molecule has 3 aromatic rings. The van der Waals surface area contributed by atoms with Crippen molar-refractivity contribution in [1.82, 2.24) is 4.57 Å². The number of fused-ring (bicyclic) bond motifs is 1. The Morgan fingerprint density at radius 2 is 1.65 bits per heavy atom. The second-order valence-corrected chi connectivity index (χ2v) is 4.19. The third kappa shape index (κ3) is 1.58. The summed E-state index contributed by atoms with van der Waals surface area (Å²) in [6.45, 7) is 0. The van der Waals surface area contributed by atoms with Gasteiger partial charge in [0.1, 0.15) is 5.75 Å². The van der Waals surface area contributed by atoms with Crippen LogP contribution >= 0.6 is 0 Å². The Kier molecular flexibility index (Phi) is 2.15. The first-order valence-corrected chi connectivity index (χ1v) is 5.59. The lowest BCUT2D eigenvalue weighted by atomic mass is 10.1. The highest BCUT2D eigenvalue weighted by molar-refractivity contribution is 5.86. The van der Waals surface area contributed by atoms with Crippen molar-refractivity contribution in [2.75, 3.05) is 0 Å². The molecule has 3 rings (SSSR count). The van der Waals surface area contributed by atoms with Crippen LogP contribution in [0.3, 0.4) is 0 Å². The normalized spacial score (nSPS) is 10.9. The summed E-state index contributed by atoms with van der Waals surface area (Å²) in [5.74, 6) is 0.299. The zero-order valence-electron chi connectivity index (χ0n) is 9.59. The highest BCUT2D eigenvalue weighted by Crippen LogP contribution is 2.27. The summed E-state index contributed by atoms with van der Waals surface area (Å²) in [6, 6.07) is 17.8. The molecule has 0 aliphatic carbocycles. The average molecular weight is 223 g/mol. The number of aromatic nitrogens is 1. The van der Waals surface area contributed by atoms with E-state index in [1.807, 2.05) is 24.3 Å². The van der Waals surface area contributed by atoms with E-state index in [9.17, 15) is 5.11 Å². The first kappa shape index (κ1) is 9.97. The highest BCUT2D eigenvalue weighted by atomic mass is 16.3. The molecule has 0 saturated heterocycles. The molecule has 0 aliphatic rings. The Hall–Kier alpha value is -2.22. The van der Waals surface area contributed by atoms with Gasteiger partial charge in [-0.05, 0) is 42.0 Å². The molecule has 0 radical (unpaired) electrons. The second kappa shape index (κ2) is 3.67. The molecule has 17 heavy (non-hydrogen) atoms. The molecule has 0 bridgehead atoms. The van der Waals surface area contributed by atoms with E-state index >= 15 is 0 Å². The number of aromatic hydroxyl groups is 1. The third-order valence-corrected chi connectivity index (χ3v) is 3.11. The van der Waals surface area contributed by atoms with E-state index in [1.54, 1.807) is 12.1 Å². The SMILES string of the molecule is Cn1c(-c2ccc(O)cc2)cc2ccccc21. The fourth-order valence-electron chi connectivity index (χ4n) is 2.20. The molecule has 0 atom stereocenters. The lowest BCUT2D eigenvalue weighted by Gasteiger charge is -2.04. The monoisotopic (exact) mass is 223 g/mol. The number of nitrogens with zero attached hydrogens (tertiary/aromatic N) is 1. The van der Waals surface area contributed by atoms with Gasteiger partial charge in [0.05, 0.1) is 0 Å². The number of phenols is 1. The molecule has 0 spiro atoms. The smallest absolute Gasteiger partial charge is 0.115 e. The predicted octanol–water partition coefficient (Wildman–Crippen LogP) is 3.55. The molecule has 2 nitrogen and oxygen atoms in total. The van der Waals surface area contributed by atoms with Crippen molar-refractivity contribution < 1.29 is 5.11 Å². The maximum Gasteiger partial charge on any atom is 0.115 e. The molecule has 1 aromatic heterocycles. The number of hydrogen-bond acceptors (Lipinski definition) is 1. The summed E-state index contributed by atoms with van der Waals surface area (Å²) in [4.78, 5) is 0. The maximum atomic E-state index is 9.31. The van der Waals surface area contributed by atoms with Gasteiger partial charge in [-0.3, -0.25) is 0 Å². The first-order valence-electron chi connectivity index (χ1n) is 5.59. The summed E-state index contributed by atoms with van der Waals surface area (Å²) in [6.07, 6.45) is 0. The molecular formula is C15H13NO. The number of benzene rings is 2. The van der Waals surface area contributed by atoms with Crippen LogP contribution < -0.4 is 0 Å². The number of para-hydroxylation sites is 1. The molecule has 1 heterocycles. The van der Waals surface area contributed by atoms with Crippen LogP contribution in [0.5, 0.6) is 5.75 Å². The molecular weight excluding hydrogens is 210 g/mol. The standard InChI is InChI=1S/C15H13NO/c1-16-14-5-3-2-4-12(14)10-15(16)11-6-8-13(17)9-7-11/h2-10,17H,1H3. The van der Waals surface area contributed by atoms with Gasteiger partial charge in [-0.2, -0.15) is 0 Å². The van der Waals surface area contributed by atoms with Crippen molar-refractivity contribution in [3.05, 3.63) is 54.6 Å². The van der Waals surface area contributed by atoms with Crippen molar-refractivity contribution in [2.24, 2.45) is 7.05 Å². The second-order valence-electron chi connectivity index (χ2n) is 4.19. The third-order valence-electron chi connectivity index (χ3n) is 3.11. The van der Waals surface area contributed by atoms with Gasteiger partial charge in [0.2, 0.25) is 0 Å². The van der Waals surface area contributed by atoms with Crippen LogP contribution in [-0.4, -0.2) is 9.67 Å². The van der Waals surface area contributed by atoms with E-state index in [2.05, 4.69) is 29.8 Å². The van der Waals surface area contributed by atoms with E-state index in [-0.39, 0.29) is 0 Å². The Morgan fingerprint density at radius 1 is 0.941 bits per heavy atom. The van der Waals surface area contributed by atoms with Crippen LogP contribution in [0.1, 0.15) is 0 Å². The van der Waals surface area contributed by atoms with Gasteiger partial charge in [0, 0.05) is 23.6 Å². The first-order chi connectivity index (χ1) is 8.25. The summed E-state index contributed by atoms with van der Waals surface area (Å²) < 4.78 is 2.17. The minimum absolute atomic E-state index is 0.299. The summed E-state index contributed by atoms with van der Waals surface area (Å²) in [5.41, 5.74) is 3.49. The van der Waals surface area contributed by atoms with Crippen LogP contribution in [0.4, 0.5) is 0 Å². The molecule has 1 N–H and O–H groups in total. The fourth-order valence-corrected chi connectivity index (χ4v) is 2.20. The van der Waals surface area contributed by atoms with Crippen molar-refractivity contribution >= 4 is 10.9 Å². The maximum absolute atomic E-state index is 9.31. The van der Waals surface area contributed by atoms with Crippen molar-refractivity contribution in [3.63, 3.8) is 0 Å². The van der Waals surface area contributed by atoms with Gasteiger partial charge in [-0.15, -0.1) is 0 Å². The summed E-state index contributed by atoms with van der Waals surface area (Å²) >= 11 is 0. The van der Waals surface area contributed by atoms with Gasteiger partial charge in [0.15, 0.2) is 0 Å². The van der Waals surface area contributed by atoms with Gasteiger partial charge in [-0.25, -0.2) is 0 Å². The van der Waals surface area contributed by atoms with Crippen LogP contribution in [0.2, 0.25) is 0 Å². The Balaban J connectivity index is 2.24. The highest BCUT2D eigenvalue weighted by Gasteiger charge is 2.06. The van der Waals surface area contributed by atoms with E-state index < -0.39 is 0 Å². The molecule has 2 aromatic carbocycles. The minimum Gasteiger partial charge on any atom is -0.508 e. The van der Waals surface area contributed by atoms with E-state index in [0.29, 0.717) is 5.75 Å². The lowest BCUT2D eigenvalue weighted by molar-refractivity contribution is 0.475. The van der Waals surface area contributed by atoms with Crippen molar-refractivity contribution in [1.29, 1.82) is 0 Å². The van der Waals surface area contributed by atoms with Gasteiger partial charge in [-0.1, -0.05) is 18.2 Å². The Bertz CT molecular complexity index is 665. The molecule has 2 heteroatoms. The minimum atomic E-state index is 0.299. The quantitative estimate of drug-likeness (QED) is 0.670. The predicted molar refractivity (Wildman–Crippen MR) is 70.0 cm³/mol. The zero-order chi connectivity index (χ0) is 11.8. The van der Waals surface area contributed by atoms with Crippen LogP contribution in [0, 0.1) is 0 Å². The largest absolute Gasteiger partial charge is 0.508 e. The number of rotatable bonds is 1. The molecule has 0 amide bonds. The topological polar surface area (TPSA) is 25.2 Å². The molecule has 0 aliphatic heterocycles. The fraction of sp³-hybridized carbons (Fsp3) is 0.0667. The molecule has 84 valence electrons. The number of phenolic OH excluding ortho intramolecular Hbond substituents is 1. The average Bonchev–Trinajstić information content (AvgIpc) is 2.69. The van der Waals surface area contributed by atoms with Gasteiger partial charge in [0.25, 0.3) is 0 Å².